The predicted molar refractivity (Wildman–Crippen MR) is 63.4 cm³/mol. The van der Waals surface area contributed by atoms with Crippen LogP contribution in [0.25, 0.3) is 0 Å². The van der Waals surface area contributed by atoms with Crippen LogP contribution in [0.1, 0.15) is 30.4 Å². The molecular formula is C13H19NO2. The molecule has 1 aliphatic rings. The lowest BCUT2D eigenvalue weighted by Gasteiger charge is -2.40. The normalized spacial score (nSPS) is 17.9. The summed E-state index contributed by atoms with van der Waals surface area (Å²) in [7, 11) is 3.39. The molecule has 0 atom stereocenters. The van der Waals surface area contributed by atoms with Crippen molar-refractivity contribution >= 4 is 0 Å². The van der Waals surface area contributed by atoms with Crippen LogP contribution in [0, 0.1) is 0 Å². The molecule has 2 N–H and O–H groups in total. The van der Waals surface area contributed by atoms with Crippen LogP contribution >= 0.6 is 0 Å². The van der Waals surface area contributed by atoms with E-state index in [9.17, 15) is 0 Å². The van der Waals surface area contributed by atoms with E-state index >= 15 is 0 Å². The van der Waals surface area contributed by atoms with Crippen LogP contribution in [-0.4, -0.2) is 14.2 Å². The molecule has 1 aromatic rings. The summed E-state index contributed by atoms with van der Waals surface area (Å²) in [5, 5.41) is 0. The summed E-state index contributed by atoms with van der Waals surface area (Å²) in [5.41, 5.74) is 8.56. The molecule has 16 heavy (non-hydrogen) atoms. The summed E-state index contributed by atoms with van der Waals surface area (Å²) in [6.07, 6.45) is 3.31. The Morgan fingerprint density at radius 2 is 2.06 bits per heavy atom. The minimum atomic E-state index is -0.164. The van der Waals surface area contributed by atoms with Gasteiger partial charge in [-0.2, -0.15) is 0 Å². The topological polar surface area (TPSA) is 44.5 Å². The van der Waals surface area contributed by atoms with Crippen LogP contribution in [0.15, 0.2) is 18.2 Å². The number of nitrogens with two attached hydrogens (primary N) is 1. The Balaban J connectivity index is 2.37. The molecule has 0 heterocycles. The average Bonchev–Trinajstić information content (AvgIpc) is 2.27. The summed E-state index contributed by atoms with van der Waals surface area (Å²) in [6.45, 7) is 0.609. The van der Waals surface area contributed by atoms with Gasteiger partial charge in [0.25, 0.3) is 0 Å². The molecule has 2 rings (SSSR count). The van der Waals surface area contributed by atoms with Crippen molar-refractivity contribution in [2.24, 2.45) is 5.73 Å². The van der Waals surface area contributed by atoms with E-state index in [2.05, 4.69) is 0 Å². The van der Waals surface area contributed by atoms with Crippen LogP contribution < -0.4 is 10.5 Å². The number of ether oxygens (including phenoxy) is 2. The largest absolute Gasteiger partial charge is 0.497 e. The third kappa shape index (κ3) is 1.93. The Morgan fingerprint density at radius 3 is 2.56 bits per heavy atom. The SMILES string of the molecule is COCc1ccc(OC)cc1C1(N)CCC1. The minimum absolute atomic E-state index is 0.164. The van der Waals surface area contributed by atoms with E-state index in [0.29, 0.717) is 6.61 Å². The highest BCUT2D eigenvalue weighted by Crippen LogP contribution is 2.41. The fourth-order valence-corrected chi connectivity index (χ4v) is 2.25. The molecule has 0 spiro atoms. The van der Waals surface area contributed by atoms with Crippen molar-refractivity contribution < 1.29 is 9.47 Å². The van der Waals surface area contributed by atoms with Gasteiger partial charge in [0.2, 0.25) is 0 Å². The molecule has 1 saturated carbocycles. The van der Waals surface area contributed by atoms with Crippen molar-refractivity contribution in [3.05, 3.63) is 29.3 Å². The molecule has 0 saturated heterocycles. The molecule has 0 radical (unpaired) electrons. The van der Waals surface area contributed by atoms with Gasteiger partial charge in [0.1, 0.15) is 5.75 Å². The maximum Gasteiger partial charge on any atom is 0.119 e. The van der Waals surface area contributed by atoms with E-state index < -0.39 is 0 Å². The molecule has 88 valence electrons. The first-order valence-electron chi connectivity index (χ1n) is 5.65. The van der Waals surface area contributed by atoms with Gasteiger partial charge in [0, 0.05) is 12.6 Å². The summed E-state index contributed by atoms with van der Waals surface area (Å²) in [4.78, 5) is 0. The fourth-order valence-electron chi connectivity index (χ4n) is 2.25. The van der Waals surface area contributed by atoms with Gasteiger partial charge in [0.05, 0.1) is 13.7 Å². The summed E-state index contributed by atoms with van der Waals surface area (Å²) >= 11 is 0. The number of benzene rings is 1. The number of rotatable bonds is 4. The molecule has 0 unspecified atom stereocenters. The average molecular weight is 221 g/mol. The lowest BCUT2D eigenvalue weighted by atomic mass is 9.71. The lowest BCUT2D eigenvalue weighted by molar-refractivity contribution is 0.177. The predicted octanol–water partition coefficient (Wildman–Crippen LogP) is 2.18. The molecule has 1 aliphatic carbocycles. The van der Waals surface area contributed by atoms with Gasteiger partial charge < -0.3 is 15.2 Å². The third-order valence-corrected chi connectivity index (χ3v) is 3.40. The smallest absolute Gasteiger partial charge is 0.119 e. The van der Waals surface area contributed by atoms with Gasteiger partial charge in [-0.15, -0.1) is 0 Å². The Bertz CT molecular complexity index is 372. The second-order valence-electron chi connectivity index (χ2n) is 4.47. The first kappa shape index (κ1) is 11.4. The third-order valence-electron chi connectivity index (χ3n) is 3.40. The first-order valence-corrected chi connectivity index (χ1v) is 5.65. The fraction of sp³-hybridized carbons (Fsp3) is 0.538. The summed E-state index contributed by atoms with van der Waals surface area (Å²) in [5.74, 6) is 0.867. The number of hydrogen-bond acceptors (Lipinski definition) is 3. The van der Waals surface area contributed by atoms with E-state index in [-0.39, 0.29) is 5.54 Å². The summed E-state index contributed by atoms with van der Waals surface area (Å²) < 4.78 is 10.5. The molecule has 0 amide bonds. The van der Waals surface area contributed by atoms with Gasteiger partial charge in [-0.05, 0) is 42.5 Å². The van der Waals surface area contributed by atoms with E-state index in [4.69, 9.17) is 15.2 Å². The molecule has 3 heteroatoms. The van der Waals surface area contributed by atoms with E-state index in [1.165, 1.54) is 17.5 Å². The van der Waals surface area contributed by atoms with Gasteiger partial charge in [0.15, 0.2) is 0 Å². The van der Waals surface area contributed by atoms with Crippen molar-refractivity contribution in [3.8, 4) is 5.75 Å². The monoisotopic (exact) mass is 221 g/mol. The van der Waals surface area contributed by atoms with Crippen LogP contribution in [0.3, 0.4) is 0 Å². The zero-order chi connectivity index (χ0) is 11.6. The van der Waals surface area contributed by atoms with E-state index in [1.54, 1.807) is 14.2 Å². The van der Waals surface area contributed by atoms with Crippen LogP contribution in [0.2, 0.25) is 0 Å². The quantitative estimate of drug-likeness (QED) is 0.847. The molecular weight excluding hydrogens is 202 g/mol. The Labute approximate surface area is 96.5 Å². The first-order chi connectivity index (χ1) is 7.69. The highest BCUT2D eigenvalue weighted by Gasteiger charge is 2.36. The Morgan fingerprint density at radius 1 is 1.31 bits per heavy atom. The van der Waals surface area contributed by atoms with Gasteiger partial charge in [-0.1, -0.05) is 6.07 Å². The van der Waals surface area contributed by atoms with E-state index in [0.717, 1.165) is 18.6 Å². The lowest BCUT2D eigenvalue weighted by Crippen LogP contribution is -2.44. The zero-order valence-corrected chi connectivity index (χ0v) is 9.95. The number of methoxy groups -OCH3 is 2. The van der Waals surface area contributed by atoms with Crippen molar-refractivity contribution in [1.29, 1.82) is 0 Å². The van der Waals surface area contributed by atoms with Crippen molar-refractivity contribution in [1.82, 2.24) is 0 Å². The van der Waals surface area contributed by atoms with Gasteiger partial charge >= 0.3 is 0 Å². The second-order valence-corrected chi connectivity index (χ2v) is 4.47. The number of hydrogen-bond donors (Lipinski definition) is 1. The standard InChI is InChI=1S/C13H19NO2/c1-15-9-10-4-5-11(16-2)8-12(10)13(14)6-3-7-13/h4-5,8H,3,6-7,9,14H2,1-2H3. The maximum atomic E-state index is 6.37. The highest BCUT2D eigenvalue weighted by molar-refractivity contribution is 5.41. The van der Waals surface area contributed by atoms with Gasteiger partial charge in [-0.3, -0.25) is 0 Å². The molecule has 3 nitrogen and oxygen atoms in total. The second kappa shape index (κ2) is 4.44. The molecule has 0 aromatic heterocycles. The van der Waals surface area contributed by atoms with Crippen molar-refractivity contribution in [2.75, 3.05) is 14.2 Å². The zero-order valence-electron chi connectivity index (χ0n) is 9.95. The summed E-state index contributed by atoms with van der Waals surface area (Å²) in [6, 6.07) is 6.05. The maximum absolute atomic E-state index is 6.37. The Kier molecular flexibility index (Phi) is 3.17. The molecule has 1 aromatic carbocycles. The van der Waals surface area contributed by atoms with Crippen LogP contribution in [0.4, 0.5) is 0 Å². The van der Waals surface area contributed by atoms with Gasteiger partial charge in [-0.25, -0.2) is 0 Å². The highest BCUT2D eigenvalue weighted by atomic mass is 16.5. The van der Waals surface area contributed by atoms with Crippen LogP contribution in [-0.2, 0) is 16.9 Å². The Hall–Kier alpha value is -1.06. The van der Waals surface area contributed by atoms with E-state index in [1.807, 2.05) is 18.2 Å². The van der Waals surface area contributed by atoms with Crippen molar-refractivity contribution in [2.45, 2.75) is 31.4 Å². The molecule has 1 fully saturated rings. The molecule has 0 aliphatic heterocycles. The van der Waals surface area contributed by atoms with Crippen LogP contribution in [0.5, 0.6) is 5.75 Å². The van der Waals surface area contributed by atoms with Crippen molar-refractivity contribution in [3.63, 3.8) is 0 Å². The molecule has 0 bridgehead atoms. The minimum Gasteiger partial charge on any atom is -0.497 e.